The topological polar surface area (TPSA) is 69.4 Å². The molecule has 0 atom stereocenters. The van der Waals surface area contributed by atoms with E-state index in [-0.39, 0.29) is 17.1 Å². The normalized spacial score (nSPS) is 20.4. The maximum Gasteiger partial charge on any atom is 0.150 e. The van der Waals surface area contributed by atoms with Gasteiger partial charge < -0.3 is 10.5 Å². The largest absolute Gasteiger partial charge is 0.374 e. The summed E-state index contributed by atoms with van der Waals surface area (Å²) in [7, 11) is -2.86. The molecule has 102 valence electrons. The Morgan fingerprint density at radius 2 is 1.88 bits per heavy atom. The van der Waals surface area contributed by atoms with Gasteiger partial charge >= 0.3 is 0 Å². The van der Waals surface area contributed by atoms with E-state index in [4.69, 9.17) is 10.5 Å². The molecule has 17 heavy (non-hydrogen) atoms. The minimum atomic E-state index is -2.86. The van der Waals surface area contributed by atoms with E-state index in [1.54, 1.807) is 6.92 Å². The van der Waals surface area contributed by atoms with Gasteiger partial charge in [0.15, 0.2) is 0 Å². The lowest BCUT2D eigenvalue weighted by Gasteiger charge is -2.36. The van der Waals surface area contributed by atoms with E-state index in [0.717, 1.165) is 12.8 Å². The summed E-state index contributed by atoms with van der Waals surface area (Å²) in [5.74, 6) is 0.444. The monoisotopic (exact) mass is 263 g/mol. The Morgan fingerprint density at radius 3 is 2.41 bits per heavy atom. The molecule has 0 amide bonds. The van der Waals surface area contributed by atoms with E-state index < -0.39 is 9.84 Å². The second-order valence-corrected chi connectivity index (χ2v) is 7.36. The Labute approximate surface area is 105 Å². The van der Waals surface area contributed by atoms with Gasteiger partial charge in [-0.05, 0) is 19.3 Å². The molecule has 1 rings (SSSR count). The van der Waals surface area contributed by atoms with Gasteiger partial charge in [0.25, 0.3) is 0 Å². The van der Waals surface area contributed by atoms with Crippen molar-refractivity contribution < 1.29 is 13.2 Å². The lowest BCUT2D eigenvalue weighted by molar-refractivity contribution is -0.0625. The molecule has 1 aliphatic rings. The average Bonchev–Trinajstić information content (AvgIpc) is 2.36. The Morgan fingerprint density at radius 1 is 1.24 bits per heavy atom. The smallest absolute Gasteiger partial charge is 0.150 e. The SMILES string of the molecule is CCS(=O)(=O)CCCOC1(CN)CCCCC1. The molecule has 1 fully saturated rings. The Bertz CT molecular complexity index is 308. The second kappa shape index (κ2) is 6.71. The molecule has 0 heterocycles. The fraction of sp³-hybridized carbons (Fsp3) is 1.00. The number of sulfone groups is 1. The van der Waals surface area contributed by atoms with Gasteiger partial charge in [-0.15, -0.1) is 0 Å². The lowest BCUT2D eigenvalue weighted by atomic mass is 9.85. The van der Waals surface area contributed by atoms with Crippen LogP contribution in [0, 0.1) is 0 Å². The third-order valence-corrected chi connectivity index (χ3v) is 5.37. The molecule has 5 heteroatoms. The summed E-state index contributed by atoms with van der Waals surface area (Å²) in [6.07, 6.45) is 6.22. The molecule has 0 aliphatic heterocycles. The van der Waals surface area contributed by atoms with Crippen LogP contribution in [0.2, 0.25) is 0 Å². The van der Waals surface area contributed by atoms with Crippen LogP contribution in [-0.2, 0) is 14.6 Å². The Hall–Kier alpha value is -0.130. The van der Waals surface area contributed by atoms with Crippen molar-refractivity contribution in [3.63, 3.8) is 0 Å². The third-order valence-electron chi connectivity index (χ3n) is 3.58. The highest BCUT2D eigenvalue weighted by atomic mass is 32.2. The molecule has 0 aromatic carbocycles. The summed E-state index contributed by atoms with van der Waals surface area (Å²) in [5.41, 5.74) is 5.62. The number of hydrogen-bond donors (Lipinski definition) is 1. The summed E-state index contributed by atoms with van der Waals surface area (Å²) >= 11 is 0. The van der Waals surface area contributed by atoms with Crippen LogP contribution in [0.4, 0.5) is 0 Å². The van der Waals surface area contributed by atoms with E-state index in [0.29, 0.717) is 19.6 Å². The third kappa shape index (κ3) is 4.94. The van der Waals surface area contributed by atoms with Crippen molar-refractivity contribution in [1.82, 2.24) is 0 Å². The number of nitrogens with two attached hydrogens (primary N) is 1. The zero-order valence-electron chi connectivity index (χ0n) is 10.8. The van der Waals surface area contributed by atoms with Crippen LogP contribution in [0.15, 0.2) is 0 Å². The zero-order chi connectivity index (χ0) is 12.8. The first kappa shape index (κ1) is 14.9. The van der Waals surface area contributed by atoms with Gasteiger partial charge in [0.1, 0.15) is 9.84 Å². The molecule has 2 N–H and O–H groups in total. The van der Waals surface area contributed by atoms with Crippen molar-refractivity contribution >= 4 is 9.84 Å². The molecule has 0 aromatic heterocycles. The predicted octanol–water partition coefficient (Wildman–Crippen LogP) is 1.49. The van der Waals surface area contributed by atoms with Gasteiger partial charge in [-0.2, -0.15) is 0 Å². The molecule has 1 aliphatic carbocycles. The standard InChI is InChI=1S/C12H25NO3S/c1-2-17(14,15)10-6-9-16-12(11-13)7-4-3-5-8-12/h2-11,13H2,1H3. The highest BCUT2D eigenvalue weighted by Gasteiger charge is 2.31. The molecular weight excluding hydrogens is 238 g/mol. The second-order valence-electron chi connectivity index (χ2n) is 4.89. The van der Waals surface area contributed by atoms with Crippen LogP contribution in [-0.4, -0.2) is 38.7 Å². The van der Waals surface area contributed by atoms with Crippen LogP contribution < -0.4 is 5.73 Å². The van der Waals surface area contributed by atoms with Crippen molar-refractivity contribution in [2.45, 2.75) is 51.0 Å². The molecule has 1 saturated carbocycles. The van der Waals surface area contributed by atoms with Crippen LogP contribution in [0.25, 0.3) is 0 Å². The van der Waals surface area contributed by atoms with Gasteiger partial charge in [0.05, 0.1) is 11.4 Å². The molecule has 0 bridgehead atoms. The minimum Gasteiger partial charge on any atom is -0.374 e. The summed E-state index contributed by atoms with van der Waals surface area (Å²) in [6, 6.07) is 0. The first-order valence-corrected chi connectivity index (χ1v) is 8.40. The lowest BCUT2D eigenvalue weighted by Crippen LogP contribution is -2.42. The van der Waals surface area contributed by atoms with E-state index >= 15 is 0 Å². The van der Waals surface area contributed by atoms with Crippen molar-refractivity contribution in [2.24, 2.45) is 5.73 Å². The van der Waals surface area contributed by atoms with Gasteiger partial charge in [-0.1, -0.05) is 26.2 Å². The van der Waals surface area contributed by atoms with Crippen LogP contribution in [0.1, 0.15) is 45.4 Å². The van der Waals surface area contributed by atoms with Crippen molar-refractivity contribution in [3.05, 3.63) is 0 Å². The summed E-state index contributed by atoms with van der Waals surface area (Å²) in [5, 5.41) is 0. The first-order chi connectivity index (χ1) is 8.04. The van der Waals surface area contributed by atoms with Crippen LogP contribution in [0.5, 0.6) is 0 Å². The average molecular weight is 263 g/mol. The summed E-state index contributed by atoms with van der Waals surface area (Å²) < 4.78 is 28.5. The minimum absolute atomic E-state index is 0.172. The molecule has 0 radical (unpaired) electrons. The molecular formula is C12H25NO3S. The number of hydrogen-bond acceptors (Lipinski definition) is 4. The van der Waals surface area contributed by atoms with E-state index in [1.807, 2.05) is 0 Å². The maximum atomic E-state index is 11.3. The number of rotatable bonds is 7. The zero-order valence-corrected chi connectivity index (χ0v) is 11.6. The Kier molecular flexibility index (Phi) is 5.89. The van der Waals surface area contributed by atoms with Gasteiger partial charge in [-0.3, -0.25) is 0 Å². The maximum absolute atomic E-state index is 11.3. The summed E-state index contributed by atoms with van der Waals surface area (Å²) in [4.78, 5) is 0. The predicted molar refractivity (Wildman–Crippen MR) is 69.8 cm³/mol. The van der Waals surface area contributed by atoms with Crippen LogP contribution in [0.3, 0.4) is 0 Å². The van der Waals surface area contributed by atoms with Crippen LogP contribution >= 0.6 is 0 Å². The molecule has 0 unspecified atom stereocenters. The fourth-order valence-electron chi connectivity index (χ4n) is 2.32. The van der Waals surface area contributed by atoms with Crippen molar-refractivity contribution in [1.29, 1.82) is 0 Å². The van der Waals surface area contributed by atoms with E-state index in [2.05, 4.69) is 0 Å². The molecule has 0 spiro atoms. The van der Waals surface area contributed by atoms with Crippen molar-refractivity contribution in [3.8, 4) is 0 Å². The molecule has 0 aromatic rings. The highest BCUT2D eigenvalue weighted by molar-refractivity contribution is 7.91. The van der Waals surface area contributed by atoms with E-state index in [9.17, 15) is 8.42 Å². The molecule has 4 nitrogen and oxygen atoms in total. The quantitative estimate of drug-likeness (QED) is 0.707. The van der Waals surface area contributed by atoms with Gasteiger partial charge in [-0.25, -0.2) is 8.42 Å². The van der Waals surface area contributed by atoms with Gasteiger partial charge in [0, 0.05) is 18.9 Å². The van der Waals surface area contributed by atoms with Gasteiger partial charge in [0.2, 0.25) is 0 Å². The van der Waals surface area contributed by atoms with Crippen molar-refractivity contribution in [2.75, 3.05) is 24.7 Å². The Balaban J connectivity index is 2.29. The molecule has 0 saturated heterocycles. The number of ether oxygens (including phenoxy) is 1. The van der Waals surface area contributed by atoms with E-state index in [1.165, 1.54) is 19.3 Å². The summed E-state index contributed by atoms with van der Waals surface area (Å²) in [6.45, 7) is 2.74. The highest BCUT2D eigenvalue weighted by Crippen LogP contribution is 2.30. The fourth-order valence-corrected chi connectivity index (χ4v) is 3.16. The first-order valence-electron chi connectivity index (χ1n) is 6.58.